The largest absolute Gasteiger partial charge is 0.493 e. The number of benzene rings is 2. The summed E-state index contributed by atoms with van der Waals surface area (Å²) < 4.78 is 6.57. The van der Waals surface area contributed by atoms with Gasteiger partial charge in [-0.3, -0.25) is 10.0 Å². The van der Waals surface area contributed by atoms with E-state index >= 15 is 0 Å². The van der Waals surface area contributed by atoms with Crippen LogP contribution in [0, 0.1) is 0 Å². The number of ether oxygens (including phenoxy) is 1. The molecule has 3 rings (SSSR count). The molecule has 0 atom stereocenters. The molecule has 5 N–H and O–H groups in total. The Morgan fingerprint density at radius 1 is 1.18 bits per heavy atom. The van der Waals surface area contributed by atoms with Gasteiger partial charge in [-0.2, -0.15) is 4.98 Å². The number of hydroxylamine groups is 1. The predicted molar refractivity (Wildman–Crippen MR) is 110 cm³/mol. The zero-order valence-electron chi connectivity index (χ0n) is 14.9. The van der Waals surface area contributed by atoms with Gasteiger partial charge in [0.1, 0.15) is 11.6 Å². The molecular weight excluding hydrogens is 426 g/mol. The van der Waals surface area contributed by atoms with Crippen molar-refractivity contribution in [1.82, 2.24) is 15.4 Å². The number of hydrogen-bond acceptors (Lipinski definition) is 7. The molecule has 28 heavy (non-hydrogen) atoms. The molecule has 2 aromatic carbocycles. The molecule has 1 heterocycles. The number of amides is 1. The van der Waals surface area contributed by atoms with Gasteiger partial charge in [-0.1, -0.05) is 15.9 Å². The van der Waals surface area contributed by atoms with Crippen LogP contribution < -0.4 is 21.3 Å². The minimum Gasteiger partial charge on any atom is -0.493 e. The van der Waals surface area contributed by atoms with Crippen molar-refractivity contribution < 1.29 is 14.7 Å². The van der Waals surface area contributed by atoms with Gasteiger partial charge in [0.25, 0.3) is 5.91 Å². The number of aromatic nitrogens is 2. The summed E-state index contributed by atoms with van der Waals surface area (Å²) in [5, 5.41) is 11.8. The Hall–Kier alpha value is -3.17. The number of rotatable bonds is 6. The van der Waals surface area contributed by atoms with Crippen LogP contribution in [0.25, 0.3) is 11.3 Å². The van der Waals surface area contributed by atoms with E-state index in [4.69, 9.17) is 15.7 Å². The number of carbonyl (C=O) groups excluding carboxylic acids is 1. The van der Waals surface area contributed by atoms with E-state index in [1.54, 1.807) is 35.8 Å². The van der Waals surface area contributed by atoms with Crippen molar-refractivity contribution >= 4 is 39.3 Å². The molecule has 1 amide bonds. The average Bonchev–Trinajstić information content (AvgIpc) is 2.69. The van der Waals surface area contributed by atoms with E-state index in [2.05, 4.69) is 31.2 Å². The van der Waals surface area contributed by atoms with Gasteiger partial charge in [-0.25, -0.2) is 10.5 Å². The van der Waals surface area contributed by atoms with Crippen LogP contribution in [0.2, 0.25) is 0 Å². The van der Waals surface area contributed by atoms with Crippen molar-refractivity contribution in [3.8, 4) is 17.0 Å². The molecule has 0 saturated carbocycles. The quantitative estimate of drug-likeness (QED) is 0.337. The van der Waals surface area contributed by atoms with Crippen LogP contribution in [-0.2, 0) is 0 Å². The molecule has 0 spiro atoms. The Labute approximate surface area is 169 Å². The number of nitrogen functional groups attached to an aromatic ring is 1. The molecule has 3 aromatic rings. The van der Waals surface area contributed by atoms with Crippen molar-refractivity contribution in [2.45, 2.75) is 6.92 Å². The van der Waals surface area contributed by atoms with E-state index in [9.17, 15) is 4.79 Å². The van der Waals surface area contributed by atoms with Crippen LogP contribution >= 0.6 is 15.9 Å². The van der Waals surface area contributed by atoms with Gasteiger partial charge in [0, 0.05) is 27.4 Å². The summed E-state index contributed by atoms with van der Waals surface area (Å²) >= 11 is 3.46. The topological polar surface area (TPSA) is 122 Å². The first-order chi connectivity index (χ1) is 13.5. The highest BCUT2D eigenvalue weighted by atomic mass is 79.9. The summed E-state index contributed by atoms with van der Waals surface area (Å²) in [6.07, 6.45) is 0. The van der Waals surface area contributed by atoms with E-state index in [-0.39, 0.29) is 5.95 Å². The maximum absolute atomic E-state index is 11.4. The van der Waals surface area contributed by atoms with Crippen molar-refractivity contribution in [3.05, 3.63) is 58.6 Å². The molecule has 144 valence electrons. The highest BCUT2D eigenvalue weighted by Gasteiger charge is 2.12. The van der Waals surface area contributed by atoms with E-state index in [0.717, 1.165) is 10.0 Å². The second-order valence-electron chi connectivity index (χ2n) is 5.71. The lowest BCUT2D eigenvalue weighted by molar-refractivity contribution is 0.0706. The minimum atomic E-state index is -0.585. The predicted octanol–water partition coefficient (Wildman–Crippen LogP) is 3.75. The van der Waals surface area contributed by atoms with Gasteiger partial charge in [-0.05, 0) is 49.4 Å². The zero-order chi connectivity index (χ0) is 20.1. The monoisotopic (exact) mass is 443 g/mol. The third-order valence-electron chi connectivity index (χ3n) is 3.78. The van der Waals surface area contributed by atoms with Crippen LogP contribution in [0.1, 0.15) is 17.3 Å². The molecule has 0 unspecified atom stereocenters. The van der Waals surface area contributed by atoms with Crippen molar-refractivity contribution in [3.63, 3.8) is 0 Å². The zero-order valence-corrected chi connectivity index (χ0v) is 16.5. The maximum Gasteiger partial charge on any atom is 0.274 e. The standard InChI is InChI=1S/C19H18BrN5O3/c1-2-28-16-8-5-12(20)9-14(16)15-10-17(24-19(21)23-15)22-13-6-3-11(4-7-13)18(26)25-27/h3-10,27H,2H2,1H3,(H,25,26)(H3,21,22,23,24). The molecule has 0 saturated heterocycles. The summed E-state index contributed by atoms with van der Waals surface area (Å²) in [7, 11) is 0. The summed E-state index contributed by atoms with van der Waals surface area (Å²) in [4.78, 5) is 19.9. The molecule has 0 radical (unpaired) electrons. The lowest BCUT2D eigenvalue weighted by Crippen LogP contribution is -2.18. The van der Waals surface area contributed by atoms with Gasteiger partial charge in [-0.15, -0.1) is 0 Å². The van der Waals surface area contributed by atoms with Crippen molar-refractivity contribution in [2.24, 2.45) is 0 Å². The van der Waals surface area contributed by atoms with Crippen molar-refractivity contribution in [2.75, 3.05) is 17.7 Å². The Bertz CT molecular complexity index is 995. The highest BCUT2D eigenvalue weighted by molar-refractivity contribution is 9.10. The third kappa shape index (κ3) is 4.56. The van der Waals surface area contributed by atoms with Gasteiger partial charge in [0.05, 0.1) is 12.3 Å². The number of hydrogen-bond donors (Lipinski definition) is 4. The average molecular weight is 444 g/mol. The number of nitrogens with zero attached hydrogens (tertiary/aromatic N) is 2. The Balaban J connectivity index is 1.92. The fourth-order valence-corrected chi connectivity index (χ4v) is 2.93. The highest BCUT2D eigenvalue weighted by Crippen LogP contribution is 2.33. The third-order valence-corrected chi connectivity index (χ3v) is 4.28. The smallest absolute Gasteiger partial charge is 0.274 e. The van der Waals surface area contributed by atoms with Crippen LogP contribution in [0.15, 0.2) is 53.0 Å². The molecule has 0 aliphatic carbocycles. The second-order valence-corrected chi connectivity index (χ2v) is 6.63. The molecule has 1 aromatic heterocycles. The molecule has 0 fully saturated rings. The molecule has 0 bridgehead atoms. The summed E-state index contributed by atoms with van der Waals surface area (Å²) in [5.74, 6) is 0.704. The molecular formula is C19H18BrN5O3. The molecule has 0 aliphatic rings. The van der Waals surface area contributed by atoms with Crippen LogP contribution in [-0.4, -0.2) is 27.7 Å². The summed E-state index contributed by atoms with van der Waals surface area (Å²) in [6, 6.07) is 13.9. The molecule has 8 nitrogen and oxygen atoms in total. The lowest BCUT2D eigenvalue weighted by Gasteiger charge is -2.12. The molecule has 0 aliphatic heterocycles. The number of halogens is 1. The van der Waals surface area contributed by atoms with E-state index < -0.39 is 5.91 Å². The number of nitrogens with one attached hydrogen (secondary N) is 2. The second kappa shape index (κ2) is 8.68. The van der Waals surface area contributed by atoms with Crippen LogP contribution in [0.5, 0.6) is 5.75 Å². The normalized spacial score (nSPS) is 10.4. The van der Waals surface area contributed by atoms with Gasteiger partial charge >= 0.3 is 0 Å². The number of anilines is 3. The Kier molecular flexibility index (Phi) is 6.07. The fraction of sp³-hybridized carbons (Fsp3) is 0.105. The first-order valence-electron chi connectivity index (χ1n) is 8.39. The van der Waals surface area contributed by atoms with E-state index in [0.29, 0.717) is 35.1 Å². The maximum atomic E-state index is 11.4. The van der Waals surface area contributed by atoms with Crippen molar-refractivity contribution in [1.29, 1.82) is 0 Å². The summed E-state index contributed by atoms with van der Waals surface area (Å²) in [6.45, 7) is 2.43. The number of carbonyl (C=O) groups is 1. The summed E-state index contributed by atoms with van der Waals surface area (Å²) in [5.41, 5.74) is 9.90. The van der Waals surface area contributed by atoms with E-state index in [1.807, 2.05) is 25.1 Å². The minimum absolute atomic E-state index is 0.110. The SMILES string of the molecule is CCOc1ccc(Br)cc1-c1cc(Nc2ccc(C(=O)NO)cc2)nc(N)n1. The fourth-order valence-electron chi connectivity index (χ4n) is 2.57. The first kappa shape index (κ1) is 19.6. The number of nitrogens with two attached hydrogens (primary N) is 1. The van der Waals surface area contributed by atoms with Gasteiger partial charge < -0.3 is 15.8 Å². The Morgan fingerprint density at radius 2 is 1.93 bits per heavy atom. The van der Waals surface area contributed by atoms with Gasteiger partial charge in [0.2, 0.25) is 5.95 Å². The van der Waals surface area contributed by atoms with E-state index in [1.165, 1.54) is 0 Å². The van der Waals surface area contributed by atoms with Crippen LogP contribution in [0.4, 0.5) is 17.5 Å². The Morgan fingerprint density at radius 3 is 2.61 bits per heavy atom. The van der Waals surface area contributed by atoms with Crippen LogP contribution in [0.3, 0.4) is 0 Å². The van der Waals surface area contributed by atoms with Gasteiger partial charge in [0.15, 0.2) is 0 Å². The first-order valence-corrected chi connectivity index (χ1v) is 9.18. The lowest BCUT2D eigenvalue weighted by atomic mass is 10.1. The molecule has 9 heteroatoms.